The lowest BCUT2D eigenvalue weighted by atomic mass is 10.1. The summed E-state index contributed by atoms with van der Waals surface area (Å²) in [6.07, 6.45) is 0.637. The molecule has 0 aromatic heterocycles. The minimum absolute atomic E-state index is 0.0700. The molecule has 0 spiro atoms. The molecule has 15 heavy (non-hydrogen) atoms. The quantitative estimate of drug-likeness (QED) is 0.682. The Labute approximate surface area is 89.3 Å². The van der Waals surface area contributed by atoms with Crippen LogP contribution in [0.4, 0.5) is 0 Å². The van der Waals surface area contributed by atoms with E-state index in [-0.39, 0.29) is 18.3 Å². The number of para-hydroxylation sites is 1. The van der Waals surface area contributed by atoms with Crippen molar-refractivity contribution in [1.29, 1.82) is 0 Å². The van der Waals surface area contributed by atoms with Gasteiger partial charge in [-0.1, -0.05) is 24.1 Å². The van der Waals surface area contributed by atoms with E-state index in [0.717, 1.165) is 11.3 Å². The van der Waals surface area contributed by atoms with Gasteiger partial charge in [-0.15, -0.1) is 5.92 Å². The first kappa shape index (κ1) is 9.79. The molecule has 1 aliphatic heterocycles. The van der Waals surface area contributed by atoms with Crippen molar-refractivity contribution in [3.8, 4) is 17.6 Å². The van der Waals surface area contributed by atoms with E-state index in [1.165, 1.54) is 0 Å². The van der Waals surface area contributed by atoms with Crippen molar-refractivity contribution in [3.05, 3.63) is 29.8 Å². The van der Waals surface area contributed by atoms with E-state index in [1.54, 1.807) is 6.92 Å². The molecule has 0 N–H and O–H groups in total. The summed E-state index contributed by atoms with van der Waals surface area (Å²) in [6, 6.07) is 7.76. The zero-order valence-electron chi connectivity index (χ0n) is 8.62. The molecule has 1 atom stereocenters. The summed E-state index contributed by atoms with van der Waals surface area (Å²) in [5.74, 6) is 6.39. The van der Waals surface area contributed by atoms with Crippen LogP contribution in [0.2, 0.25) is 0 Å². The van der Waals surface area contributed by atoms with Gasteiger partial charge < -0.3 is 4.74 Å². The van der Waals surface area contributed by atoms with Crippen molar-refractivity contribution in [3.63, 3.8) is 0 Å². The number of rotatable bonds is 2. The summed E-state index contributed by atoms with van der Waals surface area (Å²) >= 11 is 0. The second-order valence-electron chi connectivity index (χ2n) is 3.49. The SMILES string of the molecule is CC#CCC(=O)C1Cc2ccccc2O1. The van der Waals surface area contributed by atoms with Crippen LogP contribution in [0.5, 0.6) is 5.75 Å². The van der Waals surface area contributed by atoms with Crippen molar-refractivity contribution < 1.29 is 9.53 Å². The van der Waals surface area contributed by atoms with Crippen LogP contribution in [0, 0.1) is 11.8 Å². The third-order valence-corrected chi connectivity index (χ3v) is 2.45. The number of hydrogen-bond acceptors (Lipinski definition) is 2. The zero-order chi connectivity index (χ0) is 10.7. The summed E-state index contributed by atoms with van der Waals surface area (Å²) in [4.78, 5) is 11.6. The number of ether oxygens (including phenoxy) is 1. The molecule has 1 unspecified atom stereocenters. The van der Waals surface area contributed by atoms with Crippen LogP contribution in [0.25, 0.3) is 0 Å². The van der Waals surface area contributed by atoms with E-state index in [1.807, 2.05) is 24.3 Å². The van der Waals surface area contributed by atoms with Crippen molar-refractivity contribution in [1.82, 2.24) is 0 Å². The van der Waals surface area contributed by atoms with Crippen LogP contribution in [0.1, 0.15) is 18.9 Å². The Morgan fingerprint density at radius 1 is 1.53 bits per heavy atom. The van der Waals surface area contributed by atoms with Gasteiger partial charge in [-0.3, -0.25) is 4.79 Å². The number of fused-ring (bicyclic) bond motifs is 1. The fourth-order valence-electron chi connectivity index (χ4n) is 1.65. The first-order valence-electron chi connectivity index (χ1n) is 4.98. The second-order valence-corrected chi connectivity index (χ2v) is 3.49. The maximum Gasteiger partial charge on any atom is 0.185 e. The molecule has 0 amide bonds. The lowest BCUT2D eigenvalue weighted by Gasteiger charge is -2.06. The predicted octanol–water partition coefficient (Wildman–Crippen LogP) is 1.97. The maximum atomic E-state index is 11.6. The molecule has 2 nitrogen and oxygen atoms in total. The third kappa shape index (κ3) is 2.02. The van der Waals surface area contributed by atoms with Gasteiger partial charge in [0.05, 0.1) is 6.42 Å². The van der Waals surface area contributed by atoms with Gasteiger partial charge in [0.1, 0.15) is 5.75 Å². The predicted molar refractivity (Wildman–Crippen MR) is 57.6 cm³/mol. The van der Waals surface area contributed by atoms with Gasteiger partial charge in [-0.2, -0.15) is 0 Å². The van der Waals surface area contributed by atoms with E-state index in [0.29, 0.717) is 6.42 Å². The van der Waals surface area contributed by atoms with Crippen molar-refractivity contribution in [2.75, 3.05) is 0 Å². The highest BCUT2D eigenvalue weighted by atomic mass is 16.5. The number of Topliss-reactive ketones (excluding diaryl/α,β-unsaturated/α-hetero) is 1. The molecule has 1 aromatic rings. The normalized spacial score (nSPS) is 17.3. The van der Waals surface area contributed by atoms with E-state index in [2.05, 4.69) is 11.8 Å². The Morgan fingerprint density at radius 2 is 2.33 bits per heavy atom. The highest BCUT2D eigenvalue weighted by Crippen LogP contribution is 2.28. The second kappa shape index (κ2) is 4.18. The summed E-state index contributed by atoms with van der Waals surface area (Å²) in [6.45, 7) is 1.73. The lowest BCUT2D eigenvalue weighted by molar-refractivity contribution is -0.124. The molecule has 0 bridgehead atoms. The first-order chi connectivity index (χ1) is 7.31. The van der Waals surface area contributed by atoms with Gasteiger partial charge in [0.2, 0.25) is 0 Å². The van der Waals surface area contributed by atoms with Crippen molar-refractivity contribution in [2.24, 2.45) is 0 Å². The van der Waals surface area contributed by atoms with Gasteiger partial charge >= 0.3 is 0 Å². The summed E-state index contributed by atoms with van der Waals surface area (Å²) in [5.41, 5.74) is 1.11. The fraction of sp³-hybridized carbons (Fsp3) is 0.308. The van der Waals surface area contributed by atoms with Crippen LogP contribution in [0.15, 0.2) is 24.3 Å². The standard InChI is InChI=1S/C13H12O2/c1-2-3-7-11(14)13-9-10-6-4-5-8-12(10)15-13/h4-6,8,13H,7,9H2,1H3. The van der Waals surface area contributed by atoms with Gasteiger partial charge in [-0.25, -0.2) is 0 Å². The van der Waals surface area contributed by atoms with Crippen LogP contribution in [-0.4, -0.2) is 11.9 Å². The van der Waals surface area contributed by atoms with Crippen LogP contribution < -0.4 is 4.74 Å². The first-order valence-corrected chi connectivity index (χ1v) is 4.98. The molecule has 0 fully saturated rings. The lowest BCUT2D eigenvalue weighted by Crippen LogP contribution is -2.24. The number of carbonyl (C=O) groups is 1. The summed E-state index contributed by atoms with van der Waals surface area (Å²) in [5, 5.41) is 0. The van der Waals surface area contributed by atoms with Gasteiger partial charge in [0, 0.05) is 6.42 Å². The van der Waals surface area contributed by atoms with Gasteiger partial charge in [-0.05, 0) is 18.6 Å². The summed E-state index contributed by atoms with van der Waals surface area (Å²) in [7, 11) is 0. The summed E-state index contributed by atoms with van der Waals surface area (Å²) < 4.78 is 5.55. The number of benzene rings is 1. The van der Waals surface area contributed by atoms with E-state index < -0.39 is 0 Å². The molecular weight excluding hydrogens is 188 g/mol. The highest BCUT2D eigenvalue weighted by molar-refractivity contribution is 5.86. The Balaban J connectivity index is 2.06. The van der Waals surface area contributed by atoms with Crippen LogP contribution >= 0.6 is 0 Å². The minimum atomic E-state index is -0.330. The van der Waals surface area contributed by atoms with Gasteiger partial charge in [0.15, 0.2) is 11.9 Å². The Kier molecular flexibility index (Phi) is 2.73. The molecular formula is C13H12O2. The van der Waals surface area contributed by atoms with E-state index >= 15 is 0 Å². The third-order valence-electron chi connectivity index (χ3n) is 2.45. The molecule has 1 aliphatic rings. The molecule has 76 valence electrons. The highest BCUT2D eigenvalue weighted by Gasteiger charge is 2.27. The van der Waals surface area contributed by atoms with Crippen LogP contribution in [0.3, 0.4) is 0 Å². The largest absolute Gasteiger partial charge is 0.482 e. The minimum Gasteiger partial charge on any atom is -0.482 e. The van der Waals surface area contributed by atoms with Crippen molar-refractivity contribution >= 4 is 5.78 Å². The van der Waals surface area contributed by atoms with Crippen LogP contribution in [-0.2, 0) is 11.2 Å². The molecule has 0 aliphatic carbocycles. The molecule has 2 heteroatoms. The Bertz CT molecular complexity index is 412. The molecule has 0 saturated carbocycles. The molecule has 1 aromatic carbocycles. The average molecular weight is 200 g/mol. The molecule has 0 radical (unpaired) electrons. The Hall–Kier alpha value is -1.75. The molecule has 0 saturated heterocycles. The van der Waals surface area contributed by atoms with E-state index in [4.69, 9.17) is 4.74 Å². The number of ketones is 1. The van der Waals surface area contributed by atoms with Gasteiger partial charge in [0.25, 0.3) is 0 Å². The smallest absolute Gasteiger partial charge is 0.185 e. The topological polar surface area (TPSA) is 26.3 Å². The number of hydrogen-bond donors (Lipinski definition) is 0. The number of carbonyl (C=O) groups excluding carboxylic acids is 1. The maximum absolute atomic E-state index is 11.6. The molecule has 1 heterocycles. The zero-order valence-corrected chi connectivity index (χ0v) is 8.62. The van der Waals surface area contributed by atoms with Crippen molar-refractivity contribution in [2.45, 2.75) is 25.9 Å². The molecule has 2 rings (SSSR count). The fourth-order valence-corrected chi connectivity index (χ4v) is 1.65. The monoisotopic (exact) mass is 200 g/mol. The average Bonchev–Trinajstić information content (AvgIpc) is 2.69. The Morgan fingerprint density at radius 3 is 3.07 bits per heavy atom. The van der Waals surface area contributed by atoms with E-state index in [9.17, 15) is 4.79 Å².